The Hall–Kier alpha value is -2.36. The highest BCUT2D eigenvalue weighted by atomic mass is 16.6. The van der Waals surface area contributed by atoms with E-state index >= 15 is 0 Å². The lowest BCUT2D eigenvalue weighted by molar-refractivity contribution is -0.385. The Kier molecular flexibility index (Phi) is 4.26. The highest BCUT2D eigenvalue weighted by Gasteiger charge is 2.13. The first-order valence-electron chi connectivity index (χ1n) is 6.93. The number of nitro groups is 1. The van der Waals surface area contributed by atoms with Crippen LogP contribution in [-0.4, -0.2) is 4.92 Å². The van der Waals surface area contributed by atoms with E-state index in [9.17, 15) is 10.1 Å². The van der Waals surface area contributed by atoms with Crippen molar-refractivity contribution in [3.05, 3.63) is 68.3 Å². The Balaban J connectivity index is 2.20. The lowest BCUT2D eigenvalue weighted by Gasteiger charge is -2.12. The SMILES string of the molecule is Cc1cc(C)cc(CNc2cc(C)c([N+](=O)[O-])cc2C)c1. The van der Waals surface area contributed by atoms with Crippen molar-refractivity contribution in [1.29, 1.82) is 0 Å². The van der Waals surface area contributed by atoms with Crippen LogP contribution in [0.3, 0.4) is 0 Å². The molecule has 1 N–H and O–H groups in total. The van der Waals surface area contributed by atoms with Crippen molar-refractivity contribution in [3.63, 3.8) is 0 Å². The molecular weight excluding hydrogens is 264 g/mol. The van der Waals surface area contributed by atoms with E-state index in [1.165, 1.54) is 16.7 Å². The zero-order chi connectivity index (χ0) is 15.6. The first-order chi connectivity index (χ1) is 9.86. The van der Waals surface area contributed by atoms with Crippen LogP contribution >= 0.6 is 0 Å². The van der Waals surface area contributed by atoms with E-state index in [1.54, 1.807) is 13.0 Å². The van der Waals surface area contributed by atoms with Gasteiger partial charge in [0, 0.05) is 23.9 Å². The molecule has 0 atom stereocenters. The second kappa shape index (κ2) is 5.95. The zero-order valence-electron chi connectivity index (χ0n) is 12.9. The van der Waals surface area contributed by atoms with E-state index in [4.69, 9.17) is 0 Å². The molecule has 0 heterocycles. The van der Waals surface area contributed by atoms with Crippen molar-refractivity contribution < 1.29 is 4.92 Å². The maximum atomic E-state index is 10.9. The van der Waals surface area contributed by atoms with Crippen LogP contribution in [0.5, 0.6) is 0 Å². The van der Waals surface area contributed by atoms with Crippen LogP contribution in [0.15, 0.2) is 30.3 Å². The van der Waals surface area contributed by atoms with Gasteiger partial charge in [0.2, 0.25) is 0 Å². The maximum absolute atomic E-state index is 10.9. The van der Waals surface area contributed by atoms with E-state index in [0.29, 0.717) is 12.1 Å². The number of nitro benzene ring substituents is 1. The smallest absolute Gasteiger partial charge is 0.272 e. The molecular formula is C17H20N2O2. The van der Waals surface area contributed by atoms with Crippen LogP contribution in [0.2, 0.25) is 0 Å². The summed E-state index contributed by atoms with van der Waals surface area (Å²) in [5, 5.41) is 14.3. The Morgan fingerprint density at radius 1 is 0.952 bits per heavy atom. The minimum Gasteiger partial charge on any atom is -0.381 e. The van der Waals surface area contributed by atoms with E-state index in [1.807, 2.05) is 13.0 Å². The monoisotopic (exact) mass is 284 g/mol. The third-order valence-electron chi connectivity index (χ3n) is 3.50. The predicted octanol–water partition coefficient (Wildman–Crippen LogP) is 4.44. The molecule has 0 bridgehead atoms. The Morgan fingerprint density at radius 3 is 2.14 bits per heavy atom. The van der Waals surface area contributed by atoms with E-state index in [0.717, 1.165) is 11.3 Å². The standard InChI is InChI=1S/C17H20N2O2/c1-11-5-12(2)7-15(6-11)10-18-16-8-14(4)17(19(20)21)9-13(16)3/h5-9,18H,10H2,1-4H3. The van der Waals surface area contributed by atoms with E-state index in [-0.39, 0.29) is 10.6 Å². The molecule has 0 aliphatic rings. The van der Waals surface area contributed by atoms with Gasteiger partial charge in [-0.1, -0.05) is 29.3 Å². The summed E-state index contributed by atoms with van der Waals surface area (Å²) in [5.41, 5.74) is 6.36. The number of nitrogens with one attached hydrogen (secondary N) is 1. The Bertz CT molecular complexity index is 673. The van der Waals surface area contributed by atoms with Crippen LogP contribution in [-0.2, 0) is 6.54 Å². The van der Waals surface area contributed by atoms with Gasteiger partial charge in [-0.05, 0) is 44.9 Å². The molecule has 21 heavy (non-hydrogen) atoms. The number of rotatable bonds is 4. The van der Waals surface area contributed by atoms with Gasteiger partial charge in [-0.3, -0.25) is 10.1 Å². The summed E-state index contributed by atoms with van der Waals surface area (Å²) in [7, 11) is 0. The molecule has 0 spiro atoms. The van der Waals surface area contributed by atoms with Crippen LogP contribution in [0.4, 0.5) is 11.4 Å². The molecule has 2 aromatic rings. The maximum Gasteiger partial charge on any atom is 0.272 e. The summed E-state index contributed by atoms with van der Waals surface area (Å²) in [6, 6.07) is 9.90. The van der Waals surface area contributed by atoms with Crippen molar-refractivity contribution in [1.82, 2.24) is 0 Å². The highest BCUT2D eigenvalue weighted by Crippen LogP contribution is 2.26. The largest absolute Gasteiger partial charge is 0.381 e. The van der Waals surface area contributed by atoms with Gasteiger partial charge in [0.15, 0.2) is 0 Å². The number of aryl methyl sites for hydroxylation is 4. The molecule has 0 aliphatic heterocycles. The van der Waals surface area contributed by atoms with Crippen LogP contribution < -0.4 is 5.32 Å². The molecule has 0 aromatic heterocycles. The summed E-state index contributed by atoms with van der Waals surface area (Å²) in [5.74, 6) is 0. The van der Waals surface area contributed by atoms with Gasteiger partial charge < -0.3 is 5.32 Å². The minimum absolute atomic E-state index is 0.171. The van der Waals surface area contributed by atoms with Gasteiger partial charge >= 0.3 is 0 Å². The molecule has 2 aromatic carbocycles. The fourth-order valence-electron chi connectivity index (χ4n) is 2.56. The third-order valence-corrected chi connectivity index (χ3v) is 3.50. The topological polar surface area (TPSA) is 55.2 Å². The summed E-state index contributed by atoms with van der Waals surface area (Å²) in [4.78, 5) is 10.6. The molecule has 0 fully saturated rings. The first-order valence-corrected chi connectivity index (χ1v) is 6.93. The van der Waals surface area contributed by atoms with E-state index in [2.05, 4.69) is 37.4 Å². The molecule has 0 unspecified atom stereocenters. The fourth-order valence-corrected chi connectivity index (χ4v) is 2.56. The van der Waals surface area contributed by atoms with Gasteiger partial charge in [0.1, 0.15) is 0 Å². The van der Waals surface area contributed by atoms with Gasteiger partial charge in [0.25, 0.3) is 5.69 Å². The van der Waals surface area contributed by atoms with Crippen molar-refractivity contribution >= 4 is 11.4 Å². The lowest BCUT2D eigenvalue weighted by atomic mass is 10.1. The normalized spacial score (nSPS) is 10.5. The van der Waals surface area contributed by atoms with Crippen molar-refractivity contribution in [2.75, 3.05) is 5.32 Å². The average Bonchev–Trinajstić information content (AvgIpc) is 2.38. The number of hydrogen-bond acceptors (Lipinski definition) is 3. The third kappa shape index (κ3) is 3.60. The summed E-state index contributed by atoms with van der Waals surface area (Å²) < 4.78 is 0. The molecule has 4 heteroatoms. The van der Waals surface area contributed by atoms with Gasteiger partial charge in [0.05, 0.1) is 4.92 Å². The highest BCUT2D eigenvalue weighted by molar-refractivity contribution is 5.59. The lowest BCUT2D eigenvalue weighted by Crippen LogP contribution is -2.03. The minimum atomic E-state index is -0.337. The number of hydrogen-bond donors (Lipinski definition) is 1. The van der Waals surface area contributed by atoms with Crippen LogP contribution in [0, 0.1) is 37.8 Å². The molecule has 0 amide bonds. The van der Waals surface area contributed by atoms with Crippen LogP contribution in [0.1, 0.15) is 27.8 Å². The van der Waals surface area contributed by atoms with Gasteiger partial charge in [-0.15, -0.1) is 0 Å². The molecule has 110 valence electrons. The van der Waals surface area contributed by atoms with Crippen molar-refractivity contribution in [2.45, 2.75) is 34.2 Å². The molecule has 4 nitrogen and oxygen atoms in total. The fraction of sp³-hybridized carbons (Fsp3) is 0.294. The number of benzene rings is 2. The second-order valence-corrected chi connectivity index (χ2v) is 5.56. The molecule has 2 rings (SSSR count). The van der Waals surface area contributed by atoms with Gasteiger partial charge in [-0.2, -0.15) is 0 Å². The van der Waals surface area contributed by atoms with Gasteiger partial charge in [-0.25, -0.2) is 0 Å². The van der Waals surface area contributed by atoms with Crippen molar-refractivity contribution in [2.24, 2.45) is 0 Å². The average molecular weight is 284 g/mol. The van der Waals surface area contributed by atoms with E-state index < -0.39 is 0 Å². The predicted molar refractivity (Wildman–Crippen MR) is 85.8 cm³/mol. The Morgan fingerprint density at radius 2 is 1.57 bits per heavy atom. The quantitative estimate of drug-likeness (QED) is 0.667. The first kappa shape index (κ1) is 15.0. The summed E-state index contributed by atoms with van der Waals surface area (Å²) in [6.07, 6.45) is 0. The molecule has 0 radical (unpaired) electrons. The summed E-state index contributed by atoms with van der Waals surface area (Å²) in [6.45, 7) is 8.52. The van der Waals surface area contributed by atoms with Crippen molar-refractivity contribution in [3.8, 4) is 0 Å². The number of anilines is 1. The molecule has 0 aliphatic carbocycles. The second-order valence-electron chi connectivity index (χ2n) is 5.56. The zero-order valence-corrected chi connectivity index (χ0v) is 12.9. The van der Waals surface area contributed by atoms with Crippen LogP contribution in [0.25, 0.3) is 0 Å². The molecule has 0 saturated heterocycles. The number of nitrogens with zero attached hydrogens (tertiary/aromatic N) is 1. The summed E-state index contributed by atoms with van der Waals surface area (Å²) >= 11 is 0. The molecule has 0 saturated carbocycles. The Labute approximate surface area is 125 Å².